The second-order valence-corrected chi connectivity index (χ2v) is 9.36. The summed E-state index contributed by atoms with van der Waals surface area (Å²) in [6.45, 7) is 2.23. The number of benzene rings is 4. The highest BCUT2D eigenvalue weighted by molar-refractivity contribution is 6.32. The molecule has 6 heteroatoms. The third kappa shape index (κ3) is 5.29. The smallest absolute Gasteiger partial charge is 0.266 e. The highest BCUT2D eigenvalue weighted by Crippen LogP contribution is 2.27. The van der Waals surface area contributed by atoms with Crippen molar-refractivity contribution in [1.29, 1.82) is 0 Å². The van der Waals surface area contributed by atoms with E-state index in [1.807, 2.05) is 97.9 Å². The topological polar surface area (TPSA) is 55.2 Å². The Hall–Kier alpha value is -4.48. The van der Waals surface area contributed by atoms with Crippen molar-refractivity contribution in [2.45, 2.75) is 19.5 Å². The van der Waals surface area contributed by atoms with Crippen LogP contribution in [0.4, 0.5) is 0 Å². The van der Waals surface area contributed by atoms with Crippen LogP contribution in [0.3, 0.4) is 0 Å². The van der Waals surface area contributed by atoms with E-state index in [-0.39, 0.29) is 11.5 Å². The average molecular weight is 520 g/mol. The van der Waals surface area contributed by atoms with Crippen LogP contribution in [0.1, 0.15) is 29.9 Å². The molecule has 4 aromatic carbocycles. The Morgan fingerprint density at radius 2 is 1.53 bits per heavy atom. The molecule has 188 valence electrons. The Morgan fingerprint density at radius 3 is 2.26 bits per heavy atom. The number of hydrogen-bond acceptors (Lipinski definition) is 3. The van der Waals surface area contributed by atoms with Gasteiger partial charge in [-0.15, -0.1) is 0 Å². The molecule has 0 radical (unpaired) electrons. The molecule has 1 heterocycles. The van der Waals surface area contributed by atoms with E-state index in [1.165, 1.54) is 4.57 Å². The SMILES string of the molecule is CC(c1nc2ccccc2c(=O)n1-c1ccccc1Cl)N(Cc1ccccc1)C(=O)/C=C/c1ccccc1. The maximum absolute atomic E-state index is 13.8. The largest absolute Gasteiger partial charge is 0.325 e. The number of hydrogen-bond donors (Lipinski definition) is 0. The summed E-state index contributed by atoms with van der Waals surface area (Å²) >= 11 is 6.57. The molecule has 0 saturated carbocycles. The lowest BCUT2D eigenvalue weighted by Gasteiger charge is -2.30. The van der Waals surface area contributed by atoms with Crippen LogP contribution in [0.5, 0.6) is 0 Å². The number of nitrogens with zero attached hydrogens (tertiary/aromatic N) is 3. The monoisotopic (exact) mass is 519 g/mol. The van der Waals surface area contributed by atoms with Gasteiger partial charge in [0.05, 0.1) is 27.7 Å². The third-order valence-corrected chi connectivity index (χ3v) is 6.75. The van der Waals surface area contributed by atoms with Gasteiger partial charge in [-0.2, -0.15) is 0 Å². The first-order valence-electron chi connectivity index (χ1n) is 12.4. The van der Waals surface area contributed by atoms with Gasteiger partial charge in [-0.1, -0.05) is 96.5 Å². The van der Waals surface area contributed by atoms with Crippen LogP contribution >= 0.6 is 11.6 Å². The van der Waals surface area contributed by atoms with Gasteiger partial charge in [0.2, 0.25) is 5.91 Å². The van der Waals surface area contributed by atoms with Crippen molar-refractivity contribution in [3.05, 3.63) is 148 Å². The molecule has 0 N–H and O–H groups in total. The Kier molecular flexibility index (Phi) is 7.47. The molecule has 1 amide bonds. The Balaban J connectivity index is 1.65. The highest BCUT2D eigenvalue weighted by Gasteiger charge is 2.26. The molecule has 1 unspecified atom stereocenters. The minimum atomic E-state index is -0.559. The fourth-order valence-corrected chi connectivity index (χ4v) is 4.67. The van der Waals surface area contributed by atoms with Crippen LogP contribution in [0.25, 0.3) is 22.7 Å². The molecule has 5 rings (SSSR count). The Labute approximate surface area is 226 Å². The molecular formula is C32H26ClN3O2. The summed E-state index contributed by atoms with van der Waals surface area (Å²) in [5, 5.41) is 0.901. The van der Waals surface area contributed by atoms with Crippen LogP contribution in [-0.4, -0.2) is 20.4 Å². The number of carbonyl (C=O) groups excluding carboxylic acids is 1. The highest BCUT2D eigenvalue weighted by atomic mass is 35.5. The fraction of sp³-hybridized carbons (Fsp3) is 0.0938. The van der Waals surface area contributed by atoms with Crippen molar-refractivity contribution in [1.82, 2.24) is 14.5 Å². The molecule has 0 fully saturated rings. The Morgan fingerprint density at radius 1 is 0.895 bits per heavy atom. The van der Waals surface area contributed by atoms with E-state index in [4.69, 9.17) is 16.6 Å². The summed E-state index contributed by atoms with van der Waals surface area (Å²) < 4.78 is 1.53. The predicted octanol–water partition coefficient (Wildman–Crippen LogP) is 6.84. The van der Waals surface area contributed by atoms with Crippen molar-refractivity contribution in [3.8, 4) is 5.69 Å². The van der Waals surface area contributed by atoms with E-state index >= 15 is 0 Å². The fourth-order valence-electron chi connectivity index (χ4n) is 4.45. The van der Waals surface area contributed by atoms with Crippen LogP contribution < -0.4 is 5.56 Å². The lowest BCUT2D eigenvalue weighted by atomic mass is 10.1. The van der Waals surface area contributed by atoms with Crippen molar-refractivity contribution in [3.63, 3.8) is 0 Å². The van der Waals surface area contributed by atoms with Crippen molar-refractivity contribution in [2.24, 2.45) is 0 Å². The summed E-state index contributed by atoms with van der Waals surface area (Å²) in [5.74, 6) is 0.234. The summed E-state index contributed by atoms with van der Waals surface area (Å²) in [6, 6.07) is 33.3. The molecule has 0 bridgehead atoms. The summed E-state index contributed by atoms with van der Waals surface area (Å²) in [7, 11) is 0. The molecule has 1 atom stereocenters. The minimum Gasteiger partial charge on any atom is -0.325 e. The van der Waals surface area contributed by atoms with Gasteiger partial charge in [0.1, 0.15) is 5.82 Å². The van der Waals surface area contributed by atoms with E-state index in [0.717, 1.165) is 11.1 Å². The first kappa shape index (κ1) is 25.2. The zero-order valence-electron chi connectivity index (χ0n) is 20.9. The second kappa shape index (κ2) is 11.3. The molecule has 0 saturated heterocycles. The molecule has 1 aromatic heterocycles. The number of amides is 1. The first-order chi connectivity index (χ1) is 18.5. The average Bonchev–Trinajstić information content (AvgIpc) is 2.96. The first-order valence-corrected chi connectivity index (χ1v) is 12.7. The van der Waals surface area contributed by atoms with Gasteiger partial charge in [0, 0.05) is 12.6 Å². The molecule has 0 aliphatic heterocycles. The molecule has 0 aliphatic carbocycles. The van der Waals surface area contributed by atoms with E-state index in [0.29, 0.717) is 34.0 Å². The summed E-state index contributed by atoms with van der Waals surface area (Å²) in [4.78, 5) is 34.1. The van der Waals surface area contributed by atoms with E-state index in [9.17, 15) is 9.59 Å². The normalized spacial score (nSPS) is 12.1. The van der Waals surface area contributed by atoms with Gasteiger partial charge in [-0.3, -0.25) is 14.2 Å². The predicted molar refractivity (Wildman–Crippen MR) is 153 cm³/mol. The quantitative estimate of drug-likeness (QED) is 0.221. The number of para-hydroxylation sites is 2. The molecular weight excluding hydrogens is 494 g/mol. The maximum atomic E-state index is 13.8. The van der Waals surface area contributed by atoms with E-state index in [1.54, 1.807) is 35.3 Å². The third-order valence-electron chi connectivity index (χ3n) is 6.43. The van der Waals surface area contributed by atoms with Crippen LogP contribution in [0.2, 0.25) is 5.02 Å². The van der Waals surface area contributed by atoms with Gasteiger partial charge in [-0.25, -0.2) is 4.98 Å². The van der Waals surface area contributed by atoms with Crippen LogP contribution in [0.15, 0.2) is 120 Å². The minimum absolute atomic E-state index is 0.196. The summed E-state index contributed by atoms with van der Waals surface area (Å²) in [5.41, 5.74) is 2.73. The molecule has 38 heavy (non-hydrogen) atoms. The molecule has 5 aromatic rings. The standard InChI is InChI=1S/C32H26ClN3O2/c1-23(35(22-25-14-6-3-7-15-25)30(37)21-20-24-12-4-2-5-13-24)31-34-28-18-10-8-16-26(28)32(38)36(31)29-19-11-9-17-27(29)33/h2-21,23H,22H2,1H3/b21-20+. The molecule has 0 aliphatic rings. The lowest BCUT2D eigenvalue weighted by molar-refractivity contribution is -0.128. The number of aromatic nitrogens is 2. The van der Waals surface area contributed by atoms with Crippen LogP contribution in [0, 0.1) is 0 Å². The number of halogens is 1. The van der Waals surface area contributed by atoms with Gasteiger partial charge in [-0.05, 0) is 48.4 Å². The van der Waals surface area contributed by atoms with Crippen molar-refractivity contribution in [2.75, 3.05) is 0 Å². The summed E-state index contributed by atoms with van der Waals surface area (Å²) in [6.07, 6.45) is 3.36. The Bertz CT molecular complexity index is 1660. The van der Waals surface area contributed by atoms with Gasteiger partial charge >= 0.3 is 0 Å². The van der Waals surface area contributed by atoms with Crippen molar-refractivity contribution < 1.29 is 4.79 Å². The second-order valence-electron chi connectivity index (χ2n) is 8.95. The van der Waals surface area contributed by atoms with Crippen LogP contribution in [-0.2, 0) is 11.3 Å². The number of fused-ring (bicyclic) bond motifs is 1. The van der Waals surface area contributed by atoms with Gasteiger partial charge in [0.25, 0.3) is 5.56 Å². The maximum Gasteiger partial charge on any atom is 0.266 e. The van der Waals surface area contributed by atoms with E-state index < -0.39 is 6.04 Å². The zero-order chi connectivity index (χ0) is 26.5. The zero-order valence-corrected chi connectivity index (χ0v) is 21.6. The lowest BCUT2D eigenvalue weighted by Crippen LogP contribution is -2.36. The van der Waals surface area contributed by atoms with E-state index in [2.05, 4.69) is 0 Å². The number of carbonyl (C=O) groups is 1. The van der Waals surface area contributed by atoms with Gasteiger partial charge < -0.3 is 4.90 Å². The molecule has 0 spiro atoms. The number of rotatable bonds is 7. The molecule has 5 nitrogen and oxygen atoms in total. The van der Waals surface area contributed by atoms with Gasteiger partial charge in [0.15, 0.2) is 0 Å². The van der Waals surface area contributed by atoms with Crippen molar-refractivity contribution >= 4 is 34.5 Å².